The van der Waals surface area contributed by atoms with E-state index in [2.05, 4.69) is 36.5 Å². The first-order chi connectivity index (χ1) is 7.90. The molecule has 1 aliphatic carbocycles. The third kappa shape index (κ3) is 3.08. The second-order valence-corrected chi connectivity index (χ2v) is 4.86. The van der Waals surface area contributed by atoms with Gasteiger partial charge in [-0.1, -0.05) is 50.5 Å². The van der Waals surface area contributed by atoms with Gasteiger partial charge >= 0.3 is 0 Å². The Bertz CT molecular complexity index is 296. The molecule has 1 aromatic carbocycles. The number of hydrogen-bond acceptors (Lipinski definition) is 1. The molecule has 0 spiro atoms. The molecule has 0 unspecified atom stereocenters. The maximum absolute atomic E-state index is 3.36. The van der Waals surface area contributed by atoms with E-state index in [9.17, 15) is 0 Å². The molecule has 0 bridgehead atoms. The smallest absolute Gasteiger partial charge is 0.0205 e. The SMILES string of the molecule is CCNCc1ccc(C2CCCCC2)cc1. The van der Waals surface area contributed by atoms with Crippen molar-refractivity contribution in [1.82, 2.24) is 5.32 Å². The van der Waals surface area contributed by atoms with Crippen molar-refractivity contribution >= 4 is 0 Å². The fourth-order valence-corrected chi connectivity index (χ4v) is 2.61. The van der Waals surface area contributed by atoms with Crippen LogP contribution in [0.1, 0.15) is 56.1 Å². The summed E-state index contributed by atoms with van der Waals surface area (Å²) in [6.07, 6.45) is 7.07. The van der Waals surface area contributed by atoms with Crippen LogP contribution >= 0.6 is 0 Å². The first-order valence-corrected chi connectivity index (χ1v) is 6.69. The third-order valence-electron chi connectivity index (χ3n) is 3.64. The highest BCUT2D eigenvalue weighted by atomic mass is 14.8. The molecular formula is C15H23N. The summed E-state index contributed by atoms with van der Waals surface area (Å²) >= 11 is 0. The van der Waals surface area contributed by atoms with E-state index < -0.39 is 0 Å². The molecule has 1 aliphatic rings. The highest BCUT2D eigenvalue weighted by molar-refractivity contribution is 5.25. The molecule has 2 rings (SSSR count). The van der Waals surface area contributed by atoms with Gasteiger partial charge in [-0.15, -0.1) is 0 Å². The number of hydrogen-bond donors (Lipinski definition) is 1. The van der Waals surface area contributed by atoms with Crippen LogP contribution < -0.4 is 5.32 Å². The molecule has 0 amide bonds. The topological polar surface area (TPSA) is 12.0 Å². The Hall–Kier alpha value is -0.820. The first-order valence-electron chi connectivity index (χ1n) is 6.69. The molecule has 88 valence electrons. The molecule has 0 saturated heterocycles. The predicted molar refractivity (Wildman–Crippen MR) is 69.6 cm³/mol. The largest absolute Gasteiger partial charge is 0.313 e. The van der Waals surface area contributed by atoms with Gasteiger partial charge in [0.15, 0.2) is 0 Å². The zero-order valence-corrected chi connectivity index (χ0v) is 10.3. The Morgan fingerprint density at radius 3 is 2.38 bits per heavy atom. The molecule has 1 nitrogen and oxygen atoms in total. The molecule has 16 heavy (non-hydrogen) atoms. The fraction of sp³-hybridized carbons (Fsp3) is 0.600. The summed E-state index contributed by atoms with van der Waals surface area (Å²) < 4.78 is 0. The van der Waals surface area contributed by atoms with Crippen LogP contribution in [0.5, 0.6) is 0 Å². The van der Waals surface area contributed by atoms with Crippen molar-refractivity contribution in [1.29, 1.82) is 0 Å². The lowest BCUT2D eigenvalue weighted by Crippen LogP contribution is -2.11. The quantitative estimate of drug-likeness (QED) is 0.808. The summed E-state index contributed by atoms with van der Waals surface area (Å²) in [6, 6.07) is 9.24. The lowest BCUT2D eigenvalue weighted by molar-refractivity contribution is 0.443. The zero-order valence-electron chi connectivity index (χ0n) is 10.3. The van der Waals surface area contributed by atoms with E-state index in [1.165, 1.54) is 37.7 Å². The second-order valence-electron chi connectivity index (χ2n) is 4.86. The molecule has 1 aromatic rings. The van der Waals surface area contributed by atoms with Gasteiger partial charge in [-0.2, -0.15) is 0 Å². The Labute approximate surface area is 99.3 Å². The number of nitrogens with one attached hydrogen (secondary N) is 1. The summed E-state index contributed by atoms with van der Waals surface area (Å²) in [5, 5.41) is 3.36. The minimum atomic E-state index is 0.835. The van der Waals surface area contributed by atoms with E-state index >= 15 is 0 Å². The minimum Gasteiger partial charge on any atom is -0.313 e. The van der Waals surface area contributed by atoms with Crippen molar-refractivity contribution in [2.45, 2.75) is 51.5 Å². The lowest BCUT2D eigenvalue weighted by atomic mass is 9.84. The Morgan fingerprint density at radius 1 is 1.06 bits per heavy atom. The van der Waals surface area contributed by atoms with Crippen molar-refractivity contribution in [2.75, 3.05) is 6.54 Å². The number of rotatable bonds is 4. The van der Waals surface area contributed by atoms with Gasteiger partial charge in [0.2, 0.25) is 0 Å². The van der Waals surface area contributed by atoms with E-state index in [0.717, 1.165) is 19.0 Å². The van der Waals surface area contributed by atoms with Crippen molar-refractivity contribution in [3.63, 3.8) is 0 Å². The summed E-state index contributed by atoms with van der Waals surface area (Å²) in [5.41, 5.74) is 2.96. The maximum atomic E-state index is 3.36. The normalized spacial score (nSPS) is 17.6. The highest BCUT2D eigenvalue weighted by Crippen LogP contribution is 2.32. The molecule has 1 N–H and O–H groups in total. The molecule has 0 radical (unpaired) electrons. The van der Waals surface area contributed by atoms with Gasteiger partial charge in [0, 0.05) is 6.54 Å². The van der Waals surface area contributed by atoms with Crippen LogP contribution in [0.2, 0.25) is 0 Å². The van der Waals surface area contributed by atoms with Gasteiger partial charge < -0.3 is 5.32 Å². The lowest BCUT2D eigenvalue weighted by Gasteiger charge is -2.22. The van der Waals surface area contributed by atoms with E-state index in [4.69, 9.17) is 0 Å². The molecular weight excluding hydrogens is 194 g/mol. The van der Waals surface area contributed by atoms with Crippen LogP contribution in [0.25, 0.3) is 0 Å². The van der Waals surface area contributed by atoms with Crippen LogP contribution in [-0.4, -0.2) is 6.54 Å². The van der Waals surface area contributed by atoms with Gasteiger partial charge in [-0.25, -0.2) is 0 Å². The third-order valence-corrected chi connectivity index (χ3v) is 3.64. The van der Waals surface area contributed by atoms with Gasteiger partial charge in [-0.05, 0) is 36.4 Å². The van der Waals surface area contributed by atoms with Gasteiger partial charge in [-0.3, -0.25) is 0 Å². The minimum absolute atomic E-state index is 0.835. The van der Waals surface area contributed by atoms with Crippen LogP contribution in [0.15, 0.2) is 24.3 Å². The molecule has 0 heterocycles. The zero-order chi connectivity index (χ0) is 11.2. The van der Waals surface area contributed by atoms with Crippen LogP contribution in [-0.2, 0) is 6.54 Å². The van der Waals surface area contributed by atoms with E-state index in [-0.39, 0.29) is 0 Å². The van der Waals surface area contributed by atoms with Crippen LogP contribution in [0, 0.1) is 0 Å². The summed E-state index contributed by atoms with van der Waals surface area (Å²) in [5.74, 6) is 0.835. The van der Waals surface area contributed by atoms with Crippen molar-refractivity contribution in [3.8, 4) is 0 Å². The fourth-order valence-electron chi connectivity index (χ4n) is 2.61. The summed E-state index contributed by atoms with van der Waals surface area (Å²) in [7, 11) is 0. The number of benzene rings is 1. The summed E-state index contributed by atoms with van der Waals surface area (Å²) in [4.78, 5) is 0. The summed E-state index contributed by atoms with van der Waals surface area (Å²) in [6.45, 7) is 4.20. The Balaban J connectivity index is 1.95. The average Bonchev–Trinajstić information content (AvgIpc) is 2.38. The van der Waals surface area contributed by atoms with Crippen molar-refractivity contribution < 1.29 is 0 Å². The first kappa shape index (κ1) is 11.7. The van der Waals surface area contributed by atoms with Crippen molar-refractivity contribution in [2.24, 2.45) is 0 Å². The molecule has 1 fully saturated rings. The van der Waals surface area contributed by atoms with Gasteiger partial charge in [0.1, 0.15) is 0 Å². The van der Waals surface area contributed by atoms with E-state index in [1.54, 1.807) is 5.56 Å². The van der Waals surface area contributed by atoms with Crippen molar-refractivity contribution in [3.05, 3.63) is 35.4 Å². The molecule has 0 aliphatic heterocycles. The predicted octanol–water partition coefficient (Wildman–Crippen LogP) is 3.84. The standard InChI is InChI=1S/C15H23N/c1-2-16-12-13-8-10-15(11-9-13)14-6-4-3-5-7-14/h8-11,14,16H,2-7,12H2,1H3. The monoisotopic (exact) mass is 217 g/mol. The highest BCUT2D eigenvalue weighted by Gasteiger charge is 2.14. The second kappa shape index (κ2) is 6.05. The maximum Gasteiger partial charge on any atom is 0.0205 e. The molecule has 1 saturated carbocycles. The van der Waals surface area contributed by atoms with E-state index in [1.807, 2.05) is 0 Å². The van der Waals surface area contributed by atoms with Gasteiger partial charge in [0.25, 0.3) is 0 Å². The van der Waals surface area contributed by atoms with Crippen LogP contribution in [0.4, 0.5) is 0 Å². The van der Waals surface area contributed by atoms with Crippen LogP contribution in [0.3, 0.4) is 0 Å². The van der Waals surface area contributed by atoms with Gasteiger partial charge in [0.05, 0.1) is 0 Å². The molecule has 0 aromatic heterocycles. The Morgan fingerprint density at radius 2 is 1.75 bits per heavy atom. The van der Waals surface area contributed by atoms with E-state index in [0.29, 0.717) is 0 Å². The molecule has 1 heteroatoms. The molecule has 0 atom stereocenters. The Kier molecular flexibility index (Phi) is 4.41. The average molecular weight is 217 g/mol.